The number of piperidine rings is 1. The van der Waals surface area contributed by atoms with Crippen molar-refractivity contribution in [1.82, 2.24) is 5.32 Å². The van der Waals surface area contributed by atoms with Gasteiger partial charge in [-0.05, 0) is 50.3 Å². The average molecular weight is 297 g/mol. The second-order valence-corrected chi connectivity index (χ2v) is 6.41. The Morgan fingerprint density at radius 2 is 2.05 bits per heavy atom. The van der Waals surface area contributed by atoms with E-state index in [4.69, 9.17) is 11.6 Å². The van der Waals surface area contributed by atoms with Gasteiger partial charge in [-0.1, -0.05) is 30.5 Å². The Morgan fingerprint density at radius 1 is 1.15 bits per heavy atom. The third kappa shape index (κ3) is 2.94. The van der Waals surface area contributed by atoms with E-state index in [1.54, 1.807) is 18.2 Å². The van der Waals surface area contributed by atoms with Crippen molar-refractivity contribution in [2.45, 2.75) is 50.6 Å². The Kier molecular flexibility index (Phi) is 4.47. The molecule has 4 heteroatoms. The first-order valence-corrected chi connectivity index (χ1v) is 8.07. The lowest BCUT2D eigenvalue weighted by Crippen LogP contribution is -2.44. The van der Waals surface area contributed by atoms with Crippen LogP contribution in [0.1, 0.15) is 38.5 Å². The zero-order valence-electron chi connectivity index (χ0n) is 11.7. The molecule has 1 aromatic carbocycles. The van der Waals surface area contributed by atoms with E-state index in [0.717, 1.165) is 13.0 Å². The minimum Gasteiger partial charge on any atom is -0.380 e. The van der Waals surface area contributed by atoms with E-state index in [0.29, 0.717) is 23.7 Å². The SMILES string of the molecule is Fc1c(Cl)cccc1NC1CCCC1C1CCCCN1. The van der Waals surface area contributed by atoms with E-state index < -0.39 is 0 Å². The summed E-state index contributed by atoms with van der Waals surface area (Å²) in [4.78, 5) is 0. The zero-order valence-corrected chi connectivity index (χ0v) is 12.4. The van der Waals surface area contributed by atoms with Crippen molar-refractivity contribution in [2.75, 3.05) is 11.9 Å². The summed E-state index contributed by atoms with van der Waals surface area (Å²) in [6.45, 7) is 1.12. The zero-order chi connectivity index (χ0) is 13.9. The lowest BCUT2D eigenvalue weighted by Gasteiger charge is -2.33. The molecule has 2 nitrogen and oxygen atoms in total. The predicted octanol–water partition coefficient (Wildman–Crippen LogP) is 4.20. The standard InChI is InChI=1S/C16H22ClFN2/c17-12-6-4-9-15(16(12)18)20-14-8-3-5-11(14)13-7-1-2-10-19-13/h4,6,9,11,13-14,19-20H,1-3,5,7-8,10H2. The van der Waals surface area contributed by atoms with Gasteiger partial charge in [0.15, 0.2) is 5.82 Å². The molecule has 1 aliphatic carbocycles. The van der Waals surface area contributed by atoms with Gasteiger partial charge in [0.25, 0.3) is 0 Å². The Labute approximate surface area is 125 Å². The van der Waals surface area contributed by atoms with E-state index in [2.05, 4.69) is 10.6 Å². The van der Waals surface area contributed by atoms with E-state index >= 15 is 0 Å². The Balaban J connectivity index is 1.70. The molecule has 2 N–H and O–H groups in total. The number of hydrogen-bond donors (Lipinski definition) is 2. The molecular formula is C16H22ClFN2. The smallest absolute Gasteiger partial charge is 0.164 e. The minimum atomic E-state index is -0.323. The summed E-state index contributed by atoms with van der Waals surface area (Å²) >= 11 is 5.86. The third-order valence-corrected chi connectivity index (χ3v) is 5.02. The molecule has 1 aliphatic heterocycles. The predicted molar refractivity (Wildman–Crippen MR) is 81.8 cm³/mol. The van der Waals surface area contributed by atoms with Gasteiger partial charge in [0.05, 0.1) is 10.7 Å². The summed E-state index contributed by atoms with van der Waals surface area (Å²) in [6.07, 6.45) is 7.42. The van der Waals surface area contributed by atoms with Gasteiger partial charge in [0.1, 0.15) is 0 Å². The number of rotatable bonds is 3. The first kappa shape index (κ1) is 14.2. The van der Waals surface area contributed by atoms with Crippen LogP contribution in [0.25, 0.3) is 0 Å². The number of hydrogen-bond acceptors (Lipinski definition) is 2. The Bertz CT molecular complexity index is 460. The summed E-state index contributed by atoms with van der Waals surface area (Å²) in [5, 5.41) is 7.24. The van der Waals surface area contributed by atoms with Gasteiger partial charge in [0, 0.05) is 12.1 Å². The van der Waals surface area contributed by atoms with Crippen molar-refractivity contribution in [3.8, 4) is 0 Å². The summed E-state index contributed by atoms with van der Waals surface area (Å²) < 4.78 is 14.0. The number of anilines is 1. The highest BCUT2D eigenvalue weighted by Crippen LogP contribution is 2.34. The van der Waals surface area contributed by atoms with Crippen molar-refractivity contribution in [3.05, 3.63) is 29.0 Å². The molecule has 20 heavy (non-hydrogen) atoms. The molecular weight excluding hydrogens is 275 g/mol. The van der Waals surface area contributed by atoms with Crippen LogP contribution in [0.15, 0.2) is 18.2 Å². The summed E-state index contributed by atoms with van der Waals surface area (Å²) in [7, 11) is 0. The number of nitrogens with one attached hydrogen (secondary N) is 2. The van der Waals surface area contributed by atoms with Crippen LogP contribution in [-0.4, -0.2) is 18.6 Å². The molecule has 110 valence electrons. The maximum atomic E-state index is 14.0. The molecule has 0 spiro atoms. The molecule has 0 radical (unpaired) electrons. The second-order valence-electron chi connectivity index (χ2n) is 6.00. The van der Waals surface area contributed by atoms with Gasteiger partial charge in [-0.2, -0.15) is 0 Å². The first-order valence-electron chi connectivity index (χ1n) is 7.69. The highest BCUT2D eigenvalue weighted by atomic mass is 35.5. The second kappa shape index (κ2) is 6.31. The van der Waals surface area contributed by atoms with Crippen molar-refractivity contribution in [3.63, 3.8) is 0 Å². The first-order chi connectivity index (χ1) is 9.75. The summed E-state index contributed by atoms with van der Waals surface area (Å²) in [5.74, 6) is 0.283. The van der Waals surface area contributed by atoms with Gasteiger partial charge < -0.3 is 10.6 Å². The molecule has 1 aromatic rings. The van der Waals surface area contributed by atoms with Crippen molar-refractivity contribution < 1.29 is 4.39 Å². The van der Waals surface area contributed by atoms with Crippen LogP contribution in [-0.2, 0) is 0 Å². The molecule has 1 heterocycles. The largest absolute Gasteiger partial charge is 0.380 e. The molecule has 3 unspecified atom stereocenters. The maximum Gasteiger partial charge on any atom is 0.164 e. The fourth-order valence-electron chi connectivity index (χ4n) is 3.71. The fourth-order valence-corrected chi connectivity index (χ4v) is 3.88. The lowest BCUT2D eigenvalue weighted by molar-refractivity contribution is 0.286. The van der Waals surface area contributed by atoms with Gasteiger partial charge in [-0.15, -0.1) is 0 Å². The van der Waals surface area contributed by atoms with Crippen LogP contribution in [0, 0.1) is 11.7 Å². The van der Waals surface area contributed by atoms with Crippen LogP contribution < -0.4 is 10.6 Å². The summed E-state index contributed by atoms with van der Waals surface area (Å²) in [6, 6.07) is 6.13. The van der Waals surface area contributed by atoms with Crippen LogP contribution in [0.3, 0.4) is 0 Å². The average Bonchev–Trinajstić information content (AvgIpc) is 2.93. The van der Waals surface area contributed by atoms with Gasteiger partial charge in [0.2, 0.25) is 0 Å². The molecule has 2 fully saturated rings. The Hall–Kier alpha value is -0.800. The van der Waals surface area contributed by atoms with Crippen molar-refractivity contribution in [2.24, 2.45) is 5.92 Å². The molecule has 0 amide bonds. The van der Waals surface area contributed by atoms with Crippen LogP contribution in [0.5, 0.6) is 0 Å². The molecule has 1 saturated heterocycles. The highest BCUT2D eigenvalue weighted by Gasteiger charge is 2.34. The van der Waals surface area contributed by atoms with Crippen LogP contribution in [0.4, 0.5) is 10.1 Å². The fraction of sp³-hybridized carbons (Fsp3) is 0.625. The Morgan fingerprint density at radius 3 is 2.85 bits per heavy atom. The summed E-state index contributed by atoms with van der Waals surface area (Å²) in [5.41, 5.74) is 0.546. The van der Waals surface area contributed by atoms with Gasteiger partial charge in [-0.25, -0.2) is 4.39 Å². The molecule has 0 bridgehead atoms. The quantitative estimate of drug-likeness (QED) is 0.873. The van der Waals surface area contributed by atoms with Crippen molar-refractivity contribution in [1.29, 1.82) is 0 Å². The van der Waals surface area contributed by atoms with E-state index in [1.807, 2.05) is 0 Å². The number of halogens is 2. The van der Waals surface area contributed by atoms with E-state index in [1.165, 1.54) is 32.1 Å². The monoisotopic (exact) mass is 296 g/mol. The van der Waals surface area contributed by atoms with Gasteiger partial charge >= 0.3 is 0 Å². The third-order valence-electron chi connectivity index (χ3n) is 4.73. The van der Waals surface area contributed by atoms with E-state index in [-0.39, 0.29) is 10.8 Å². The number of benzene rings is 1. The lowest BCUT2D eigenvalue weighted by atomic mass is 9.88. The molecule has 3 atom stereocenters. The molecule has 3 rings (SSSR count). The van der Waals surface area contributed by atoms with Crippen LogP contribution >= 0.6 is 11.6 Å². The normalized spacial score (nSPS) is 30.4. The molecule has 0 aromatic heterocycles. The minimum absolute atomic E-state index is 0.195. The maximum absolute atomic E-state index is 14.0. The molecule has 2 aliphatic rings. The van der Waals surface area contributed by atoms with Crippen molar-refractivity contribution >= 4 is 17.3 Å². The van der Waals surface area contributed by atoms with Gasteiger partial charge in [-0.3, -0.25) is 0 Å². The topological polar surface area (TPSA) is 24.1 Å². The van der Waals surface area contributed by atoms with E-state index in [9.17, 15) is 4.39 Å². The van der Waals surface area contributed by atoms with Crippen LogP contribution in [0.2, 0.25) is 5.02 Å². The molecule has 1 saturated carbocycles. The highest BCUT2D eigenvalue weighted by molar-refractivity contribution is 6.31.